The highest BCUT2D eigenvalue weighted by atomic mass is 35.5. The Kier molecular flexibility index (Phi) is 5.74. The summed E-state index contributed by atoms with van der Waals surface area (Å²) >= 11 is 5.99. The zero-order valence-corrected chi connectivity index (χ0v) is 13.0. The van der Waals surface area contributed by atoms with E-state index in [2.05, 4.69) is 10.6 Å². The molecule has 7 heteroatoms. The molecule has 2 rings (SSSR count). The number of benzene rings is 1. The van der Waals surface area contributed by atoms with Crippen molar-refractivity contribution >= 4 is 23.4 Å². The molecule has 1 aliphatic carbocycles. The Labute approximate surface area is 133 Å². The predicted molar refractivity (Wildman–Crippen MR) is 80.2 cm³/mol. The maximum atomic E-state index is 13.8. The molecule has 0 aromatic heterocycles. The van der Waals surface area contributed by atoms with Crippen LogP contribution >= 0.6 is 11.6 Å². The van der Waals surface area contributed by atoms with E-state index in [4.69, 9.17) is 16.3 Å². The molecular formula is C15H18ClFN2O3. The van der Waals surface area contributed by atoms with Gasteiger partial charge in [-0.05, 0) is 18.6 Å². The molecule has 0 bridgehead atoms. The van der Waals surface area contributed by atoms with Gasteiger partial charge in [0.15, 0.2) is 0 Å². The molecule has 0 radical (unpaired) electrons. The number of rotatable bonds is 7. The van der Waals surface area contributed by atoms with Gasteiger partial charge in [0.05, 0.1) is 13.2 Å². The minimum absolute atomic E-state index is 0.100. The highest BCUT2D eigenvalue weighted by molar-refractivity contribution is 6.31. The van der Waals surface area contributed by atoms with Crippen molar-refractivity contribution in [3.05, 3.63) is 34.6 Å². The molecular weight excluding hydrogens is 311 g/mol. The number of nitrogens with one attached hydrogen (secondary N) is 2. The Hall–Kier alpha value is -1.66. The Morgan fingerprint density at radius 3 is 2.86 bits per heavy atom. The van der Waals surface area contributed by atoms with Crippen LogP contribution in [-0.2, 0) is 14.3 Å². The van der Waals surface area contributed by atoms with Crippen LogP contribution in [0.4, 0.5) is 4.39 Å². The van der Waals surface area contributed by atoms with Gasteiger partial charge in [-0.15, -0.1) is 0 Å². The summed E-state index contributed by atoms with van der Waals surface area (Å²) in [5.41, 5.74) is 0.383. The largest absolute Gasteiger partial charge is 0.383 e. The van der Waals surface area contributed by atoms with Gasteiger partial charge in [-0.2, -0.15) is 0 Å². The zero-order chi connectivity index (χ0) is 16.1. The maximum Gasteiger partial charge on any atom is 0.239 e. The van der Waals surface area contributed by atoms with E-state index in [1.54, 1.807) is 6.07 Å². The van der Waals surface area contributed by atoms with Gasteiger partial charge in [0, 0.05) is 36.1 Å². The average Bonchev–Trinajstić information content (AvgIpc) is 3.25. The maximum absolute atomic E-state index is 13.8. The van der Waals surface area contributed by atoms with E-state index in [1.165, 1.54) is 19.2 Å². The van der Waals surface area contributed by atoms with Crippen LogP contribution in [0.5, 0.6) is 0 Å². The van der Waals surface area contributed by atoms with Crippen molar-refractivity contribution in [2.45, 2.75) is 12.3 Å². The van der Waals surface area contributed by atoms with E-state index < -0.39 is 5.82 Å². The molecule has 0 spiro atoms. The highest BCUT2D eigenvalue weighted by Crippen LogP contribution is 2.50. The summed E-state index contributed by atoms with van der Waals surface area (Å²) in [4.78, 5) is 23.4. The van der Waals surface area contributed by atoms with Crippen molar-refractivity contribution in [2.24, 2.45) is 5.92 Å². The lowest BCUT2D eigenvalue weighted by molar-refractivity contribution is -0.126. The molecule has 1 aliphatic rings. The number of carbonyl (C=O) groups excluding carboxylic acids is 2. The third-order valence-electron chi connectivity index (χ3n) is 3.55. The molecule has 1 aromatic rings. The Balaban J connectivity index is 1.80. The fraction of sp³-hybridized carbons (Fsp3) is 0.467. The molecule has 0 heterocycles. The van der Waals surface area contributed by atoms with Gasteiger partial charge >= 0.3 is 0 Å². The molecule has 0 unspecified atom stereocenters. The molecule has 2 N–H and O–H groups in total. The fourth-order valence-electron chi connectivity index (χ4n) is 2.32. The van der Waals surface area contributed by atoms with Crippen molar-refractivity contribution in [3.8, 4) is 0 Å². The van der Waals surface area contributed by atoms with Crippen LogP contribution in [0.1, 0.15) is 17.9 Å². The van der Waals surface area contributed by atoms with Crippen LogP contribution < -0.4 is 10.6 Å². The zero-order valence-electron chi connectivity index (χ0n) is 12.2. The van der Waals surface area contributed by atoms with E-state index >= 15 is 0 Å². The van der Waals surface area contributed by atoms with Gasteiger partial charge in [-0.1, -0.05) is 17.7 Å². The second-order valence-corrected chi connectivity index (χ2v) is 5.55. The number of halogens is 2. The molecule has 1 aromatic carbocycles. The molecule has 22 heavy (non-hydrogen) atoms. The summed E-state index contributed by atoms with van der Waals surface area (Å²) in [6, 6.07) is 4.47. The van der Waals surface area contributed by atoms with Crippen LogP contribution in [0.25, 0.3) is 0 Å². The minimum atomic E-state index is -0.398. The van der Waals surface area contributed by atoms with Crippen molar-refractivity contribution in [1.29, 1.82) is 0 Å². The lowest BCUT2D eigenvalue weighted by Gasteiger charge is -2.07. The molecule has 2 amide bonds. The first-order chi connectivity index (χ1) is 10.5. The average molecular weight is 329 g/mol. The molecule has 5 nitrogen and oxygen atoms in total. The first-order valence-corrected chi connectivity index (χ1v) is 7.39. The van der Waals surface area contributed by atoms with Crippen molar-refractivity contribution < 1.29 is 18.7 Å². The van der Waals surface area contributed by atoms with E-state index in [9.17, 15) is 14.0 Å². The van der Waals surface area contributed by atoms with E-state index in [1.807, 2.05) is 0 Å². The predicted octanol–water partition coefficient (Wildman–Crippen LogP) is 1.46. The van der Waals surface area contributed by atoms with Gasteiger partial charge in [-0.3, -0.25) is 9.59 Å². The monoisotopic (exact) mass is 328 g/mol. The van der Waals surface area contributed by atoms with Gasteiger partial charge in [0.1, 0.15) is 5.82 Å². The van der Waals surface area contributed by atoms with Crippen LogP contribution in [0.3, 0.4) is 0 Å². The normalized spacial score (nSPS) is 19.6. The first kappa shape index (κ1) is 16.7. The van der Waals surface area contributed by atoms with Crippen LogP contribution in [0.2, 0.25) is 5.02 Å². The topological polar surface area (TPSA) is 67.4 Å². The molecule has 1 saturated carbocycles. The van der Waals surface area contributed by atoms with Gasteiger partial charge in [0.2, 0.25) is 11.8 Å². The Morgan fingerprint density at radius 2 is 2.18 bits per heavy atom. The number of amides is 2. The summed E-state index contributed by atoms with van der Waals surface area (Å²) in [6.07, 6.45) is 0.539. The number of hydrogen-bond donors (Lipinski definition) is 2. The number of hydrogen-bond acceptors (Lipinski definition) is 3. The second kappa shape index (κ2) is 7.56. The molecule has 0 aliphatic heterocycles. The first-order valence-electron chi connectivity index (χ1n) is 7.01. The molecule has 120 valence electrons. The second-order valence-electron chi connectivity index (χ2n) is 5.14. The van der Waals surface area contributed by atoms with Crippen molar-refractivity contribution in [2.75, 3.05) is 26.8 Å². The quantitative estimate of drug-likeness (QED) is 0.745. The minimum Gasteiger partial charge on any atom is -0.383 e. The summed E-state index contributed by atoms with van der Waals surface area (Å²) < 4.78 is 18.6. The van der Waals surface area contributed by atoms with E-state index in [-0.39, 0.29) is 30.2 Å². The molecule has 2 atom stereocenters. The van der Waals surface area contributed by atoms with E-state index in [0.717, 1.165) is 0 Å². The van der Waals surface area contributed by atoms with Crippen LogP contribution in [0.15, 0.2) is 18.2 Å². The number of methoxy groups -OCH3 is 1. The van der Waals surface area contributed by atoms with Crippen LogP contribution in [0, 0.1) is 11.7 Å². The van der Waals surface area contributed by atoms with Crippen molar-refractivity contribution in [1.82, 2.24) is 10.6 Å². The summed E-state index contributed by atoms with van der Waals surface area (Å²) in [5.74, 6) is -1.49. The number of carbonyl (C=O) groups is 2. The number of ether oxygens (including phenoxy) is 1. The fourth-order valence-corrected chi connectivity index (χ4v) is 2.63. The van der Waals surface area contributed by atoms with E-state index in [0.29, 0.717) is 30.2 Å². The molecule has 1 fully saturated rings. The van der Waals surface area contributed by atoms with Gasteiger partial charge in [0.25, 0.3) is 0 Å². The highest BCUT2D eigenvalue weighted by Gasteiger charge is 2.46. The summed E-state index contributed by atoms with van der Waals surface area (Å²) in [5, 5.41) is 5.48. The van der Waals surface area contributed by atoms with Gasteiger partial charge in [-0.25, -0.2) is 4.39 Å². The lowest BCUT2D eigenvalue weighted by Crippen LogP contribution is -2.38. The smallest absolute Gasteiger partial charge is 0.239 e. The van der Waals surface area contributed by atoms with Gasteiger partial charge < -0.3 is 15.4 Å². The standard InChI is InChI=1S/C15H18ClFN2O3/c1-22-6-5-18-13(20)8-19-15(21)10-7-9(10)14-11(16)3-2-4-12(14)17/h2-4,9-10H,5-8H2,1H3,(H,18,20)(H,19,21)/t9-,10+/m0/s1. The van der Waals surface area contributed by atoms with Crippen molar-refractivity contribution in [3.63, 3.8) is 0 Å². The Bertz CT molecular complexity index is 547. The summed E-state index contributed by atoms with van der Waals surface area (Å²) in [7, 11) is 1.54. The summed E-state index contributed by atoms with van der Waals surface area (Å²) in [6.45, 7) is 0.703. The third-order valence-corrected chi connectivity index (χ3v) is 3.88. The SMILES string of the molecule is COCCNC(=O)CNC(=O)[C@@H]1C[C@@H]1c1c(F)cccc1Cl. The van der Waals surface area contributed by atoms with Crippen LogP contribution in [-0.4, -0.2) is 38.6 Å². The Morgan fingerprint density at radius 1 is 1.41 bits per heavy atom. The lowest BCUT2D eigenvalue weighted by atomic mass is 10.1. The third kappa shape index (κ3) is 4.18. The molecule has 0 saturated heterocycles.